The van der Waals surface area contributed by atoms with Crippen LogP contribution in [0, 0.1) is 0 Å². The van der Waals surface area contributed by atoms with Gasteiger partial charge in [0.1, 0.15) is 0 Å². The summed E-state index contributed by atoms with van der Waals surface area (Å²) in [4.78, 5) is 16.3. The molecule has 0 saturated carbocycles. The van der Waals surface area contributed by atoms with Crippen molar-refractivity contribution in [1.82, 2.24) is 15.5 Å². The van der Waals surface area contributed by atoms with Crippen LogP contribution in [0.15, 0.2) is 4.52 Å². The molecule has 2 atom stereocenters. The Morgan fingerprint density at radius 3 is 2.82 bits per heavy atom. The SMILES string of the molecule is CC(NC(=O)CCCc1nc(C(C)(C)C)no1)C1CCCO1. The summed E-state index contributed by atoms with van der Waals surface area (Å²) in [5.74, 6) is 1.36. The highest BCUT2D eigenvalue weighted by Crippen LogP contribution is 2.19. The zero-order chi connectivity index (χ0) is 16.2. The molecule has 22 heavy (non-hydrogen) atoms. The molecule has 0 radical (unpaired) electrons. The van der Waals surface area contributed by atoms with Crippen LogP contribution < -0.4 is 5.32 Å². The van der Waals surface area contributed by atoms with Crippen molar-refractivity contribution in [3.05, 3.63) is 11.7 Å². The van der Waals surface area contributed by atoms with Crippen LogP contribution in [0.2, 0.25) is 0 Å². The molecule has 0 aromatic carbocycles. The van der Waals surface area contributed by atoms with Gasteiger partial charge in [-0.15, -0.1) is 0 Å². The summed E-state index contributed by atoms with van der Waals surface area (Å²) in [5, 5.41) is 6.99. The van der Waals surface area contributed by atoms with E-state index in [9.17, 15) is 4.79 Å². The minimum absolute atomic E-state index is 0.0542. The molecule has 0 spiro atoms. The Morgan fingerprint density at radius 2 is 2.23 bits per heavy atom. The number of rotatable bonds is 6. The Morgan fingerprint density at radius 1 is 1.45 bits per heavy atom. The van der Waals surface area contributed by atoms with Gasteiger partial charge < -0.3 is 14.6 Å². The zero-order valence-corrected chi connectivity index (χ0v) is 14.0. The highest BCUT2D eigenvalue weighted by molar-refractivity contribution is 5.76. The highest BCUT2D eigenvalue weighted by atomic mass is 16.5. The number of amides is 1. The van der Waals surface area contributed by atoms with Crippen molar-refractivity contribution < 1.29 is 14.1 Å². The van der Waals surface area contributed by atoms with Crippen LogP contribution >= 0.6 is 0 Å². The van der Waals surface area contributed by atoms with Crippen LogP contribution in [0.3, 0.4) is 0 Å². The number of hydrogen-bond acceptors (Lipinski definition) is 5. The lowest BCUT2D eigenvalue weighted by molar-refractivity contribution is -0.122. The zero-order valence-electron chi connectivity index (χ0n) is 14.0. The van der Waals surface area contributed by atoms with Gasteiger partial charge in [-0.25, -0.2) is 0 Å². The van der Waals surface area contributed by atoms with Gasteiger partial charge in [-0.3, -0.25) is 4.79 Å². The first-order valence-electron chi connectivity index (χ1n) is 8.10. The van der Waals surface area contributed by atoms with Crippen molar-refractivity contribution in [2.75, 3.05) is 6.61 Å². The van der Waals surface area contributed by atoms with E-state index in [4.69, 9.17) is 9.26 Å². The Hall–Kier alpha value is -1.43. The third-order valence-electron chi connectivity index (χ3n) is 3.84. The number of nitrogens with one attached hydrogen (secondary N) is 1. The monoisotopic (exact) mass is 309 g/mol. The van der Waals surface area contributed by atoms with Gasteiger partial charge in [0.25, 0.3) is 0 Å². The Labute approximate surface area is 132 Å². The van der Waals surface area contributed by atoms with Gasteiger partial charge in [0, 0.05) is 24.9 Å². The molecule has 1 N–H and O–H groups in total. The first kappa shape index (κ1) is 16.9. The summed E-state index contributed by atoms with van der Waals surface area (Å²) >= 11 is 0. The number of hydrogen-bond donors (Lipinski definition) is 1. The summed E-state index contributed by atoms with van der Waals surface area (Å²) in [5.41, 5.74) is -0.115. The van der Waals surface area contributed by atoms with Crippen molar-refractivity contribution in [3.8, 4) is 0 Å². The van der Waals surface area contributed by atoms with Crippen LogP contribution in [0.4, 0.5) is 0 Å². The van der Waals surface area contributed by atoms with Gasteiger partial charge in [0.15, 0.2) is 5.82 Å². The first-order valence-corrected chi connectivity index (χ1v) is 8.10. The van der Waals surface area contributed by atoms with Gasteiger partial charge in [0.2, 0.25) is 11.8 Å². The lowest BCUT2D eigenvalue weighted by Crippen LogP contribution is -2.40. The van der Waals surface area contributed by atoms with Crippen molar-refractivity contribution in [3.63, 3.8) is 0 Å². The maximum Gasteiger partial charge on any atom is 0.226 e. The first-order chi connectivity index (χ1) is 10.4. The minimum Gasteiger partial charge on any atom is -0.376 e. The van der Waals surface area contributed by atoms with Gasteiger partial charge in [-0.2, -0.15) is 4.98 Å². The number of ether oxygens (including phenoxy) is 1. The number of nitrogens with zero attached hydrogens (tertiary/aromatic N) is 2. The normalized spacial score (nSPS) is 20.1. The van der Waals surface area contributed by atoms with Gasteiger partial charge >= 0.3 is 0 Å². The molecule has 2 rings (SSSR count). The van der Waals surface area contributed by atoms with E-state index in [1.807, 2.05) is 27.7 Å². The molecule has 1 fully saturated rings. The van der Waals surface area contributed by atoms with E-state index in [0.717, 1.165) is 19.4 Å². The predicted octanol–water partition coefficient (Wildman–Crippen LogP) is 2.37. The molecule has 1 saturated heterocycles. The molecular weight excluding hydrogens is 282 g/mol. The predicted molar refractivity (Wildman–Crippen MR) is 82.5 cm³/mol. The number of aryl methyl sites for hydroxylation is 1. The fourth-order valence-corrected chi connectivity index (χ4v) is 2.48. The molecule has 6 nitrogen and oxygen atoms in total. The van der Waals surface area contributed by atoms with E-state index in [2.05, 4.69) is 15.5 Å². The van der Waals surface area contributed by atoms with Crippen molar-refractivity contribution in [2.45, 2.75) is 77.4 Å². The van der Waals surface area contributed by atoms with Gasteiger partial charge in [0.05, 0.1) is 12.1 Å². The van der Waals surface area contributed by atoms with Gasteiger partial charge in [-0.1, -0.05) is 25.9 Å². The summed E-state index contributed by atoms with van der Waals surface area (Å²) < 4.78 is 10.8. The summed E-state index contributed by atoms with van der Waals surface area (Å²) in [6.45, 7) is 8.93. The van der Waals surface area contributed by atoms with Gasteiger partial charge in [-0.05, 0) is 26.2 Å². The number of aromatic nitrogens is 2. The largest absolute Gasteiger partial charge is 0.376 e. The lowest BCUT2D eigenvalue weighted by atomic mass is 9.96. The van der Waals surface area contributed by atoms with Crippen molar-refractivity contribution >= 4 is 5.91 Å². The number of carbonyl (C=O) groups is 1. The molecule has 2 heterocycles. The molecule has 124 valence electrons. The van der Waals surface area contributed by atoms with Crippen LogP contribution in [0.1, 0.15) is 65.1 Å². The van der Waals surface area contributed by atoms with E-state index in [0.29, 0.717) is 31.0 Å². The van der Waals surface area contributed by atoms with E-state index < -0.39 is 0 Å². The smallest absolute Gasteiger partial charge is 0.226 e. The second-order valence-electron chi connectivity index (χ2n) is 7.02. The van der Waals surface area contributed by atoms with Crippen molar-refractivity contribution in [2.24, 2.45) is 0 Å². The Kier molecular flexibility index (Phi) is 5.56. The third kappa shape index (κ3) is 4.80. The van der Waals surface area contributed by atoms with Crippen molar-refractivity contribution in [1.29, 1.82) is 0 Å². The van der Waals surface area contributed by atoms with Crippen LogP contribution in [-0.2, 0) is 21.4 Å². The molecule has 1 aromatic rings. The summed E-state index contributed by atoms with van der Waals surface area (Å²) in [7, 11) is 0. The molecule has 1 aromatic heterocycles. The Balaban J connectivity index is 1.69. The van der Waals surface area contributed by atoms with E-state index in [-0.39, 0.29) is 23.5 Å². The second-order valence-corrected chi connectivity index (χ2v) is 7.02. The average Bonchev–Trinajstić information content (AvgIpc) is 3.09. The van der Waals surface area contributed by atoms with Crippen LogP contribution in [0.25, 0.3) is 0 Å². The van der Waals surface area contributed by atoms with Crippen LogP contribution in [-0.4, -0.2) is 34.8 Å². The molecular formula is C16H27N3O3. The quantitative estimate of drug-likeness (QED) is 0.873. The topological polar surface area (TPSA) is 77.3 Å². The average molecular weight is 309 g/mol. The summed E-state index contributed by atoms with van der Waals surface area (Å²) in [6.07, 6.45) is 4.07. The molecule has 1 aliphatic rings. The lowest BCUT2D eigenvalue weighted by Gasteiger charge is -2.19. The highest BCUT2D eigenvalue weighted by Gasteiger charge is 2.24. The van der Waals surface area contributed by atoms with Crippen LogP contribution in [0.5, 0.6) is 0 Å². The number of carbonyl (C=O) groups excluding carboxylic acids is 1. The molecule has 1 aliphatic heterocycles. The summed E-state index contributed by atoms with van der Waals surface area (Å²) in [6, 6.07) is 0.0749. The maximum atomic E-state index is 11.9. The minimum atomic E-state index is -0.115. The molecule has 0 bridgehead atoms. The maximum absolute atomic E-state index is 11.9. The standard InChI is InChI=1S/C16H27N3O3/c1-11(12-7-6-10-21-12)17-13(20)8-5-9-14-18-15(19-22-14)16(2,3)4/h11-12H,5-10H2,1-4H3,(H,17,20). The van der Waals surface area contributed by atoms with E-state index in [1.165, 1.54) is 0 Å². The molecule has 2 unspecified atom stereocenters. The third-order valence-corrected chi connectivity index (χ3v) is 3.84. The fourth-order valence-electron chi connectivity index (χ4n) is 2.48. The Bertz CT molecular complexity index is 487. The van der Waals surface area contributed by atoms with E-state index in [1.54, 1.807) is 0 Å². The molecule has 6 heteroatoms. The fraction of sp³-hybridized carbons (Fsp3) is 0.812. The van der Waals surface area contributed by atoms with E-state index >= 15 is 0 Å². The second kappa shape index (κ2) is 7.22. The molecule has 0 aliphatic carbocycles. The molecule has 1 amide bonds.